The van der Waals surface area contributed by atoms with Crippen LogP contribution in [-0.4, -0.2) is 26.6 Å². The fourth-order valence-corrected chi connectivity index (χ4v) is 2.40. The summed E-state index contributed by atoms with van der Waals surface area (Å²) >= 11 is 0. The molecule has 0 N–H and O–H groups in total. The van der Waals surface area contributed by atoms with Crippen LogP contribution in [-0.2, 0) is 0 Å². The number of fused-ring (bicyclic) bond motifs is 1. The second-order valence-electron chi connectivity index (χ2n) is 5.48. The van der Waals surface area contributed by atoms with Crippen molar-refractivity contribution in [2.45, 2.75) is 25.7 Å². The number of alkyl halides is 2. The molecule has 0 bridgehead atoms. The molecule has 4 heteroatoms. The van der Waals surface area contributed by atoms with Crippen molar-refractivity contribution in [1.82, 2.24) is 0 Å². The van der Waals surface area contributed by atoms with Crippen LogP contribution < -0.4 is 9.64 Å². The van der Waals surface area contributed by atoms with E-state index in [2.05, 4.69) is 16.7 Å². The summed E-state index contributed by atoms with van der Waals surface area (Å²) in [5.41, 5.74) is 0.624. The lowest BCUT2D eigenvalue weighted by Gasteiger charge is -2.18. The Bertz CT molecular complexity index is 570. The number of para-hydroxylation sites is 1. The highest BCUT2D eigenvalue weighted by Gasteiger charge is 2.50. The number of anilines is 1. The Balaban J connectivity index is 1.96. The van der Waals surface area contributed by atoms with Gasteiger partial charge in [0.15, 0.2) is 5.75 Å². The molecule has 0 spiro atoms. The number of hydrogen-bond acceptors (Lipinski definition) is 2. The number of halogens is 2. The Kier molecular flexibility index (Phi) is 3.29. The Morgan fingerprint density at radius 3 is 2.85 bits per heavy atom. The van der Waals surface area contributed by atoms with Crippen molar-refractivity contribution in [2.24, 2.45) is 5.41 Å². The summed E-state index contributed by atoms with van der Waals surface area (Å²) in [6.45, 7) is 1.56. The van der Waals surface area contributed by atoms with Crippen LogP contribution in [0.25, 0.3) is 0 Å². The zero-order chi connectivity index (χ0) is 14.2. The molecular weight excluding hydrogens is 260 g/mol. The van der Waals surface area contributed by atoms with Crippen molar-refractivity contribution in [3.63, 3.8) is 0 Å². The molecule has 1 aromatic carbocycles. The second kappa shape index (κ2) is 4.97. The number of rotatable bonds is 1. The molecule has 0 radical (unpaired) electrons. The van der Waals surface area contributed by atoms with Gasteiger partial charge in [0, 0.05) is 13.6 Å². The smallest absolute Gasteiger partial charge is 0.254 e. The van der Waals surface area contributed by atoms with Crippen molar-refractivity contribution < 1.29 is 13.5 Å². The molecule has 20 heavy (non-hydrogen) atoms. The van der Waals surface area contributed by atoms with Crippen molar-refractivity contribution in [3.8, 4) is 17.6 Å². The quantitative estimate of drug-likeness (QED) is 0.730. The van der Waals surface area contributed by atoms with Gasteiger partial charge in [-0.2, -0.15) is 0 Å². The predicted octanol–water partition coefficient (Wildman–Crippen LogP) is 3.30. The molecule has 1 saturated carbocycles. The first-order chi connectivity index (χ1) is 9.62. The van der Waals surface area contributed by atoms with Gasteiger partial charge in [-0.3, -0.25) is 0 Å². The van der Waals surface area contributed by atoms with Gasteiger partial charge in [-0.1, -0.05) is 17.9 Å². The minimum atomic E-state index is -2.36. The fraction of sp³-hybridized carbons (Fsp3) is 0.500. The summed E-state index contributed by atoms with van der Waals surface area (Å²) < 4.78 is 31.6. The van der Waals surface area contributed by atoms with Crippen LogP contribution in [0.4, 0.5) is 14.5 Å². The summed E-state index contributed by atoms with van der Waals surface area (Å²) in [5, 5.41) is 0. The maximum Gasteiger partial charge on any atom is 0.254 e. The van der Waals surface area contributed by atoms with Gasteiger partial charge in [0.25, 0.3) is 6.43 Å². The Morgan fingerprint density at radius 1 is 1.35 bits per heavy atom. The number of benzene rings is 1. The van der Waals surface area contributed by atoms with Crippen LogP contribution in [0.2, 0.25) is 0 Å². The topological polar surface area (TPSA) is 12.5 Å². The molecule has 2 aliphatic rings. The van der Waals surface area contributed by atoms with Crippen LogP contribution in [0, 0.1) is 17.3 Å². The SMILES string of the molecule is CN1CCCOc2c(C#CC3(C(F)F)CC3)cccc21. The molecule has 1 heterocycles. The van der Waals surface area contributed by atoms with E-state index in [0.717, 1.165) is 24.4 Å². The maximum atomic E-state index is 12.9. The summed E-state index contributed by atoms with van der Waals surface area (Å²) in [6, 6.07) is 5.72. The average molecular weight is 277 g/mol. The molecule has 1 aliphatic heterocycles. The third-order valence-electron chi connectivity index (χ3n) is 3.94. The van der Waals surface area contributed by atoms with Gasteiger partial charge in [-0.05, 0) is 31.4 Å². The molecule has 1 aliphatic carbocycles. The van der Waals surface area contributed by atoms with Crippen LogP contribution in [0.5, 0.6) is 5.75 Å². The first-order valence-electron chi connectivity index (χ1n) is 6.91. The van der Waals surface area contributed by atoms with E-state index in [0.29, 0.717) is 25.0 Å². The molecule has 106 valence electrons. The van der Waals surface area contributed by atoms with Crippen molar-refractivity contribution >= 4 is 5.69 Å². The molecule has 0 aromatic heterocycles. The monoisotopic (exact) mass is 277 g/mol. The van der Waals surface area contributed by atoms with Gasteiger partial charge in [0.1, 0.15) is 0 Å². The predicted molar refractivity (Wildman–Crippen MR) is 74.4 cm³/mol. The van der Waals surface area contributed by atoms with Gasteiger partial charge in [0.05, 0.1) is 23.3 Å². The van der Waals surface area contributed by atoms with Gasteiger partial charge in [-0.15, -0.1) is 0 Å². The second-order valence-corrected chi connectivity index (χ2v) is 5.48. The van der Waals surface area contributed by atoms with Gasteiger partial charge < -0.3 is 9.64 Å². The summed E-state index contributed by atoms with van der Waals surface area (Å²) in [5.74, 6) is 6.42. The van der Waals surface area contributed by atoms with Crippen LogP contribution in [0.15, 0.2) is 18.2 Å². The highest BCUT2D eigenvalue weighted by molar-refractivity contribution is 5.66. The van der Waals surface area contributed by atoms with Gasteiger partial charge in [0.2, 0.25) is 0 Å². The van der Waals surface area contributed by atoms with E-state index in [1.165, 1.54) is 0 Å². The van der Waals surface area contributed by atoms with Gasteiger partial charge >= 0.3 is 0 Å². The lowest BCUT2D eigenvalue weighted by Crippen LogP contribution is -2.17. The lowest BCUT2D eigenvalue weighted by atomic mass is 10.1. The first kappa shape index (κ1) is 13.2. The van der Waals surface area contributed by atoms with Crippen molar-refractivity contribution in [1.29, 1.82) is 0 Å². The first-order valence-corrected chi connectivity index (χ1v) is 6.91. The molecule has 1 aromatic rings. The third kappa shape index (κ3) is 2.33. The van der Waals surface area contributed by atoms with Crippen molar-refractivity contribution in [2.75, 3.05) is 25.1 Å². The van der Waals surface area contributed by atoms with E-state index in [4.69, 9.17) is 4.74 Å². The van der Waals surface area contributed by atoms with E-state index in [9.17, 15) is 8.78 Å². The van der Waals surface area contributed by atoms with E-state index >= 15 is 0 Å². The Hall–Kier alpha value is -1.76. The van der Waals surface area contributed by atoms with Gasteiger partial charge in [-0.25, -0.2) is 8.78 Å². The zero-order valence-electron chi connectivity index (χ0n) is 11.5. The van der Waals surface area contributed by atoms with E-state index in [1.54, 1.807) is 0 Å². The van der Waals surface area contributed by atoms with Crippen LogP contribution >= 0.6 is 0 Å². The molecule has 0 amide bonds. The average Bonchev–Trinajstić information content (AvgIpc) is 3.23. The van der Waals surface area contributed by atoms with Crippen molar-refractivity contribution in [3.05, 3.63) is 23.8 Å². The zero-order valence-corrected chi connectivity index (χ0v) is 11.5. The maximum absolute atomic E-state index is 12.9. The highest BCUT2D eigenvalue weighted by atomic mass is 19.3. The van der Waals surface area contributed by atoms with Crippen LogP contribution in [0.1, 0.15) is 24.8 Å². The standard InChI is InChI=1S/C16H17F2NO/c1-19-10-3-11-20-14-12(4-2-5-13(14)19)6-7-16(8-9-16)15(17)18/h2,4-5,15H,3,8-11H2,1H3. The molecule has 0 unspecified atom stereocenters. The van der Waals surface area contributed by atoms with E-state index in [1.807, 2.05) is 25.2 Å². The molecule has 2 nitrogen and oxygen atoms in total. The lowest BCUT2D eigenvalue weighted by molar-refractivity contribution is 0.0921. The molecule has 1 fully saturated rings. The number of ether oxygens (including phenoxy) is 1. The Morgan fingerprint density at radius 2 is 2.15 bits per heavy atom. The number of hydrogen-bond donors (Lipinski definition) is 0. The minimum Gasteiger partial charge on any atom is -0.490 e. The number of nitrogens with zero attached hydrogens (tertiary/aromatic N) is 1. The third-order valence-corrected chi connectivity index (χ3v) is 3.94. The summed E-state index contributed by atoms with van der Waals surface area (Å²) in [6.07, 6.45) is -0.430. The Labute approximate surface area is 117 Å². The van der Waals surface area contributed by atoms with E-state index in [-0.39, 0.29) is 0 Å². The minimum absolute atomic E-state index is 0.494. The molecule has 3 rings (SSSR count). The highest BCUT2D eigenvalue weighted by Crippen LogP contribution is 2.50. The summed E-state index contributed by atoms with van der Waals surface area (Å²) in [4.78, 5) is 2.12. The molecule has 0 atom stereocenters. The largest absolute Gasteiger partial charge is 0.490 e. The molecular formula is C16H17F2NO. The van der Waals surface area contributed by atoms with Crippen LogP contribution in [0.3, 0.4) is 0 Å². The summed E-state index contributed by atoms with van der Waals surface area (Å²) in [7, 11) is 2.01. The van der Waals surface area contributed by atoms with E-state index < -0.39 is 11.8 Å². The fourth-order valence-electron chi connectivity index (χ4n) is 2.40. The normalized spacial score (nSPS) is 19.5. The molecule has 0 saturated heterocycles.